The van der Waals surface area contributed by atoms with E-state index >= 15 is 0 Å². The fourth-order valence-electron chi connectivity index (χ4n) is 3.39. The molecule has 1 fully saturated rings. The highest BCUT2D eigenvalue weighted by Gasteiger charge is 2.22. The van der Waals surface area contributed by atoms with Crippen LogP contribution in [0.25, 0.3) is 0 Å². The maximum Gasteiger partial charge on any atom is 0.224 e. The van der Waals surface area contributed by atoms with E-state index in [0.29, 0.717) is 5.92 Å². The van der Waals surface area contributed by atoms with Crippen LogP contribution in [0, 0.1) is 5.82 Å². The second kappa shape index (κ2) is 7.57. The molecule has 1 saturated carbocycles. The van der Waals surface area contributed by atoms with Crippen molar-refractivity contribution in [3.05, 3.63) is 41.5 Å². The minimum atomic E-state index is -0.190. The predicted octanol–water partition coefficient (Wildman–Crippen LogP) is 4.14. The molecule has 0 amide bonds. The molecule has 5 heteroatoms. The second-order valence-corrected chi connectivity index (χ2v) is 6.26. The quantitative estimate of drug-likeness (QED) is 0.871. The molecular formula is C18H25FN4. The van der Waals surface area contributed by atoms with Crippen LogP contribution in [-0.2, 0) is 13.0 Å². The molecule has 1 heterocycles. The van der Waals surface area contributed by atoms with Gasteiger partial charge in [0.2, 0.25) is 5.95 Å². The van der Waals surface area contributed by atoms with Crippen LogP contribution < -0.4 is 5.32 Å². The maximum atomic E-state index is 12.9. The standard InChI is InChI=1S/C18H25FN4/c1-2-23-17(15-6-4-3-5-7-15)21-22-18(23)20-13-12-14-8-10-16(19)11-9-14/h8-11,15H,2-7,12-13H2,1H3,(H,20,22). The summed E-state index contributed by atoms with van der Waals surface area (Å²) in [7, 11) is 0. The molecule has 2 aromatic rings. The fourth-order valence-corrected chi connectivity index (χ4v) is 3.39. The number of hydrogen-bond donors (Lipinski definition) is 1. The van der Waals surface area contributed by atoms with E-state index in [2.05, 4.69) is 27.0 Å². The van der Waals surface area contributed by atoms with Crippen molar-refractivity contribution in [2.45, 2.75) is 57.9 Å². The molecule has 1 aliphatic rings. The van der Waals surface area contributed by atoms with Gasteiger partial charge in [-0.25, -0.2) is 4.39 Å². The lowest BCUT2D eigenvalue weighted by molar-refractivity contribution is 0.416. The Balaban J connectivity index is 1.61. The summed E-state index contributed by atoms with van der Waals surface area (Å²) >= 11 is 0. The van der Waals surface area contributed by atoms with E-state index in [4.69, 9.17) is 0 Å². The van der Waals surface area contributed by atoms with Gasteiger partial charge in [-0.1, -0.05) is 31.4 Å². The molecule has 0 unspecified atom stereocenters. The van der Waals surface area contributed by atoms with E-state index in [1.807, 2.05) is 12.1 Å². The third kappa shape index (κ3) is 3.89. The van der Waals surface area contributed by atoms with Gasteiger partial charge >= 0.3 is 0 Å². The zero-order valence-electron chi connectivity index (χ0n) is 13.8. The molecule has 0 aliphatic heterocycles. The lowest BCUT2D eigenvalue weighted by Gasteiger charge is -2.21. The number of anilines is 1. The van der Waals surface area contributed by atoms with Gasteiger partial charge in [-0.05, 0) is 43.9 Å². The van der Waals surface area contributed by atoms with Crippen LogP contribution >= 0.6 is 0 Å². The Hall–Kier alpha value is -1.91. The van der Waals surface area contributed by atoms with E-state index < -0.39 is 0 Å². The minimum absolute atomic E-state index is 0.190. The molecule has 1 N–H and O–H groups in total. The summed E-state index contributed by atoms with van der Waals surface area (Å²) < 4.78 is 15.1. The Bertz CT molecular complexity index is 614. The molecular weight excluding hydrogens is 291 g/mol. The number of hydrogen-bond acceptors (Lipinski definition) is 3. The Morgan fingerprint density at radius 1 is 1.13 bits per heavy atom. The Kier molecular flexibility index (Phi) is 5.26. The Morgan fingerprint density at radius 2 is 1.87 bits per heavy atom. The first-order valence-corrected chi connectivity index (χ1v) is 8.69. The van der Waals surface area contributed by atoms with Gasteiger partial charge in [-0.15, -0.1) is 10.2 Å². The molecule has 0 atom stereocenters. The molecule has 124 valence electrons. The van der Waals surface area contributed by atoms with Crippen LogP contribution in [-0.4, -0.2) is 21.3 Å². The van der Waals surface area contributed by atoms with Crippen LogP contribution in [0.3, 0.4) is 0 Å². The number of benzene rings is 1. The molecule has 1 aromatic carbocycles. The number of rotatable bonds is 6. The average molecular weight is 316 g/mol. The van der Waals surface area contributed by atoms with Crippen molar-refractivity contribution in [3.8, 4) is 0 Å². The van der Waals surface area contributed by atoms with Crippen molar-refractivity contribution >= 4 is 5.95 Å². The highest BCUT2D eigenvalue weighted by Crippen LogP contribution is 2.32. The first kappa shape index (κ1) is 16.0. The van der Waals surface area contributed by atoms with Crippen molar-refractivity contribution in [2.75, 3.05) is 11.9 Å². The van der Waals surface area contributed by atoms with Gasteiger partial charge in [0.25, 0.3) is 0 Å². The minimum Gasteiger partial charge on any atom is -0.354 e. The van der Waals surface area contributed by atoms with Crippen molar-refractivity contribution in [1.82, 2.24) is 14.8 Å². The Morgan fingerprint density at radius 3 is 2.57 bits per heavy atom. The summed E-state index contributed by atoms with van der Waals surface area (Å²) in [5, 5.41) is 12.2. The summed E-state index contributed by atoms with van der Waals surface area (Å²) in [5.74, 6) is 2.36. The number of nitrogens with one attached hydrogen (secondary N) is 1. The largest absolute Gasteiger partial charge is 0.354 e. The van der Waals surface area contributed by atoms with Crippen LogP contribution in [0.15, 0.2) is 24.3 Å². The molecule has 1 aromatic heterocycles. The first-order valence-electron chi connectivity index (χ1n) is 8.69. The molecule has 23 heavy (non-hydrogen) atoms. The van der Waals surface area contributed by atoms with Crippen LogP contribution in [0.5, 0.6) is 0 Å². The van der Waals surface area contributed by atoms with E-state index in [9.17, 15) is 4.39 Å². The normalized spacial score (nSPS) is 15.7. The van der Waals surface area contributed by atoms with Crippen LogP contribution in [0.1, 0.15) is 56.3 Å². The molecule has 3 rings (SSSR count). The first-order chi connectivity index (χ1) is 11.3. The summed E-state index contributed by atoms with van der Waals surface area (Å²) in [6.45, 7) is 3.80. The lowest BCUT2D eigenvalue weighted by atomic mass is 9.88. The Labute approximate surface area is 137 Å². The van der Waals surface area contributed by atoms with Crippen LogP contribution in [0.2, 0.25) is 0 Å². The van der Waals surface area contributed by atoms with E-state index in [1.165, 1.54) is 44.2 Å². The molecule has 4 nitrogen and oxygen atoms in total. The summed E-state index contributed by atoms with van der Waals surface area (Å²) in [6, 6.07) is 6.67. The second-order valence-electron chi connectivity index (χ2n) is 6.26. The fraction of sp³-hybridized carbons (Fsp3) is 0.556. The van der Waals surface area contributed by atoms with Gasteiger partial charge in [0.1, 0.15) is 11.6 Å². The maximum absolute atomic E-state index is 12.9. The van der Waals surface area contributed by atoms with E-state index in [0.717, 1.165) is 36.8 Å². The summed E-state index contributed by atoms with van der Waals surface area (Å²) in [4.78, 5) is 0. The highest BCUT2D eigenvalue weighted by atomic mass is 19.1. The van der Waals surface area contributed by atoms with Crippen molar-refractivity contribution < 1.29 is 4.39 Å². The molecule has 1 aliphatic carbocycles. The number of aromatic nitrogens is 3. The molecule has 0 spiro atoms. The van der Waals surface area contributed by atoms with Crippen molar-refractivity contribution in [3.63, 3.8) is 0 Å². The monoisotopic (exact) mass is 316 g/mol. The number of nitrogens with zero attached hydrogens (tertiary/aromatic N) is 3. The van der Waals surface area contributed by atoms with Crippen molar-refractivity contribution in [1.29, 1.82) is 0 Å². The molecule has 0 radical (unpaired) electrons. The predicted molar refractivity (Wildman–Crippen MR) is 90.1 cm³/mol. The topological polar surface area (TPSA) is 42.7 Å². The van der Waals surface area contributed by atoms with E-state index in [-0.39, 0.29) is 5.82 Å². The summed E-state index contributed by atoms with van der Waals surface area (Å²) in [5.41, 5.74) is 1.12. The molecule has 0 saturated heterocycles. The average Bonchev–Trinajstić information content (AvgIpc) is 3.00. The summed E-state index contributed by atoms with van der Waals surface area (Å²) in [6.07, 6.45) is 7.25. The zero-order chi connectivity index (χ0) is 16.1. The van der Waals surface area contributed by atoms with Gasteiger partial charge in [-0.2, -0.15) is 0 Å². The van der Waals surface area contributed by atoms with Gasteiger partial charge in [0, 0.05) is 19.0 Å². The molecule has 0 bridgehead atoms. The lowest BCUT2D eigenvalue weighted by Crippen LogP contribution is -2.15. The van der Waals surface area contributed by atoms with Gasteiger partial charge in [-0.3, -0.25) is 4.57 Å². The number of halogens is 1. The zero-order valence-corrected chi connectivity index (χ0v) is 13.8. The third-order valence-corrected chi connectivity index (χ3v) is 4.68. The SMILES string of the molecule is CCn1c(NCCc2ccc(F)cc2)nnc1C1CCCCC1. The van der Waals surface area contributed by atoms with Gasteiger partial charge < -0.3 is 5.32 Å². The van der Waals surface area contributed by atoms with Gasteiger partial charge in [0.05, 0.1) is 0 Å². The highest BCUT2D eigenvalue weighted by molar-refractivity contribution is 5.28. The van der Waals surface area contributed by atoms with Gasteiger partial charge in [0.15, 0.2) is 0 Å². The smallest absolute Gasteiger partial charge is 0.224 e. The van der Waals surface area contributed by atoms with Crippen molar-refractivity contribution in [2.24, 2.45) is 0 Å². The van der Waals surface area contributed by atoms with Crippen LogP contribution in [0.4, 0.5) is 10.3 Å². The van der Waals surface area contributed by atoms with E-state index in [1.54, 1.807) is 0 Å². The third-order valence-electron chi connectivity index (χ3n) is 4.68.